The topological polar surface area (TPSA) is 147 Å². The molecule has 32 heavy (non-hydrogen) atoms. The molecule has 3 heterocycles. The average molecular weight is 443 g/mol. The third-order valence-electron chi connectivity index (χ3n) is 4.28. The lowest BCUT2D eigenvalue weighted by atomic mass is 10.2. The van der Waals surface area contributed by atoms with Crippen LogP contribution in [0.5, 0.6) is 11.6 Å². The summed E-state index contributed by atoms with van der Waals surface area (Å²) in [7, 11) is 1.60. The van der Waals surface area contributed by atoms with Gasteiger partial charge >= 0.3 is 5.97 Å². The number of aliphatic carboxylic acids is 1. The number of hydrogen-bond donors (Lipinski definition) is 1. The molecule has 0 aliphatic carbocycles. The SMILES string of the molecule is Cn1nnnc1-c1cnc(Oc2ccc(-c3nnn(CCCC(=O)O)n3)c(F)c2)c(F)c1. The summed E-state index contributed by atoms with van der Waals surface area (Å²) < 4.78 is 35.7. The summed E-state index contributed by atoms with van der Waals surface area (Å²) in [5, 5.41) is 31.2. The van der Waals surface area contributed by atoms with E-state index in [0.29, 0.717) is 17.8 Å². The fourth-order valence-corrected chi connectivity index (χ4v) is 2.77. The number of carbonyl (C=O) groups is 1. The number of carboxylic acids is 1. The van der Waals surface area contributed by atoms with Gasteiger partial charge in [0.25, 0.3) is 5.88 Å². The van der Waals surface area contributed by atoms with Gasteiger partial charge in [-0.2, -0.15) is 4.80 Å². The quantitative estimate of drug-likeness (QED) is 0.428. The number of rotatable bonds is 8. The molecule has 0 spiro atoms. The van der Waals surface area contributed by atoms with E-state index in [-0.39, 0.29) is 36.0 Å². The number of tetrazole rings is 2. The Morgan fingerprint density at radius 2 is 2.00 bits per heavy atom. The first kappa shape index (κ1) is 20.9. The van der Waals surface area contributed by atoms with Crippen molar-refractivity contribution in [1.82, 2.24) is 45.4 Å². The number of aromatic nitrogens is 9. The number of nitrogens with zero attached hydrogens (tertiary/aromatic N) is 9. The number of benzene rings is 1. The minimum atomic E-state index is -0.932. The second-order valence-electron chi connectivity index (χ2n) is 6.59. The van der Waals surface area contributed by atoms with Gasteiger partial charge in [-0.25, -0.2) is 18.4 Å². The lowest BCUT2D eigenvalue weighted by Gasteiger charge is -2.08. The van der Waals surface area contributed by atoms with Crippen LogP contribution in [-0.2, 0) is 18.4 Å². The van der Waals surface area contributed by atoms with Gasteiger partial charge in [-0.05, 0) is 40.3 Å². The second-order valence-corrected chi connectivity index (χ2v) is 6.59. The van der Waals surface area contributed by atoms with Crippen LogP contribution in [0, 0.1) is 11.6 Å². The fourth-order valence-electron chi connectivity index (χ4n) is 2.77. The zero-order valence-corrected chi connectivity index (χ0v) is 16.6. The predicted octanol–water partition coefficient (Wildman–Crippen LogP) is 1.86. The average Bonchev–Trinajstić information content (AvgIpc) is 3.38. The molecule has 0 saturated carbocycles. The number of ether oxygens (including phenoxy) is 1. The van der Waals surface area contributed by atoms with Gasteiger partial charge in [0, 0.05) is 31.3 Å². The third-order valence-corrected chi connectivity index (χ3v) is 4.28. The first-order valence-corrected chi connectivity index (χ1v) is 9.26. The zero-order valence-electron chi connectivity index (χ0n) is 16.6. The van der Waals surface area contributed by atoms with Gasteiger partial charge < -0.3 is 9.84 Å². The van der Waals surface area contributed by atoms with Gasteiger partial charge in [0.05, 0.1) is 12.1 Å². The van der Waals surface area contributed by atoms with Crippen molar-refractivity contribution in [3.63, 3.8) is 0 Å². The van der Waals surface area contributed by atoms with Gasteiger partial charge in [-0.15, -0.1) is 15.3 Å². The molecule has 0 radical (unpaired) electrons. The van der Waals surface area contributed by atoms with Crippen LogP contribution in [0.25, 0.3) is 22.8 Å². The minimum absolute atomic E-state index is 0.0135. The Morgan fingerprint density at radius 3 is 2.69 bits per heavy atom. The van der Waals surface area contributed by atoms with Crippen molar-refractivity contribution >= 4 is 5.97 Å². The molecular weight excluding hydrogens is 428 g/mol. The van der Waals surface area contributed by atoms with Gasteiger partial charge in [0.2, 0.25) is 5.82 Å². The number of hydrogen-bond acceptors (Lipinski definition) is 9. The largest absolute Gasteiger partial charge is 0.481 e. The summed E-state index contributed by atoms with van der Waals surface area (Å²) >= 11 is 0. The Balaban J connectivity index is 1.48. The van der Waals surface area contributed by atoms with Crippen molar-refractivity contribution in [2.45, 2.75) is 19.4 Å². The Labute approximate surface area is 178 Å². The highest BCUT2D eigenvalue weighted by atomic mass is 19.1. The van der Waals surface area contributed by atoms with E-state index >= 15 is 0 Å². The van der Waals surface area contributed by atoms with Gasteiger partial charge in [-0.3, -0.25) is 4.79 Å². The maximum atomic E-state index is 14.6. The van der Waals surface area contributed by atoms with Crippen molar-refractivity contribution in [2.75, 3.05) is 0 Å². The van der Waals surface area contributed by atoms with Crippen molar-refractivity contribution in [3.8, 4) is 34.4 Å². The highest BCUT2D eigenvalue weighted by Crippen LogP contribution is 2.28. The van der Waals surface area contributed by atoms with Gasteiger partial charge in [-0.1, -0.05) is 0 Å². The third kappa shape index (κ3) is 4.53. The molecule has 0 aliphatic heterocycles. The molecule has 0 fully saturated rings. The molecule has 0 unspecified atom stereocenters. The van der Waals surface area contributed by atoms with Crippen LogP contribution >= 0.6 is 0 Å². The molecule has 12 nitrogen and oxygen atoms in total. The highest BCUT2D eigenvalue weighted by Gasteiger charge is 2.16. The molecule has 14 heteroatoms. The minimum Gasteiger partial charge on any atom is -0.481 e. The van der Waals surface area contributed by atoms with E-state index in [2.05, 4.69) is 35.9 Å². The second kappa shape index (κ2) is 8.79. The number of halogens is 2. The van der Waals surface area contributed by atoms with E-state index in [9.17, 15) is 13.6 Å². The van der Waals surface area contributed by atoms with E-state index in [1.165, 1.54) is 27.8 Å². The van der Waals surface area contributed by atoms with E-state index in [4.69, 9.17) is 9.84 Å². The van der Waals surface area contributed by atoms with Crippen LogP contribution in [0.4, 0.5) is 8.78 Å². The molecule has 0 atom stereocenters. The number of carboxylic acid groups (broad SMARTS) is 1. The van der Waals surface area contributed by atoms with Crippen LogP contribution in [-0.4, -0.2) is 56.5 Å². The van der Waals surface area contributed by atoms with Crippen LogP contribution in [0.2, 0.25) is 0 Å². The smallest absolute Gasteiger partial charge is 0.303 e. The first-order valence-electron chi connectivity index (χ1n) is 9.26. The summed E-state index contributed by atoms with van der Waals surface area (Å²) in [6.07, 6.45) is 1.60. The van der Waals surface area contributed by atoms with E-state index in [1.807, 2.05) is 0 Å². The number of pyridine rings is 1. The molecule has 1 N–H and O–H groups in total. The molecule has 0 aliphatic rings. The molecule has 3 aromatic heterocycles. The molecule has 164 valence electrons. The van der Waals surface area contributed by atoms with Gasteiger partial charge in [0.15, 0.2) is 11.6 Å². The zero-order chi connectivity index (χ0) is 22.7. The first-order chi connectivity index (χ1) is 15.4. The molecule has 1 aromatic carbocycles. The van der Waals surface area contributed by atoms with E-state index < -0.39 is 17.6 Å². The molecule has 0 amide bonds. The van der Waals surface area contributed by atoms with Crippen LogP contribution in [0.1, 0.15) is 12.8 Å². The normalized spacial score (nSPS) is 11.0. The highest BCUT2D eigenvalue weighted by molar-refractivity contribution is 5.66. The summed E-state index contributed by atoms with van der Waals surface area (Å²) in [6, 6.07) is 4.97. The Hall–Kier alpha value is -4.36. The number of aryl methyl sites for hydroxylation is 2. The molecule has 4 aromatic rings. The molecule has 0 saturated heterocycles. The predicted molar refractivity (Wildman–Crippen MR) is 102 cm³/mol. The maximum absolute atomic E-state index is 14.6. The van der Waals surface area contributed by atoms with Gasteiger partial charge in [0.1, 0.15) is 11.6 Å². The summed E-state index contributed by atoms with van der Waals surface area (Å²) in [5.41, 5.74) is 0.404. The van der Waals surface area contributed by atoms with E-state index in [0.717, 1.165) is 12.1 Å². The summed E-state index contributed by atoms with van der Waals surface area (Å²) in [5.74, 6) is -2.41. The Morgan fingerprint density at radius 1 is 1.16 bits per heavy atom. The van der Waals surface area contributed by atoms with Crippen molar-refractivity contribution in [1.29, 1.82) is 0 Å². The summed E-state index contributed by atoms with van der Waals surface area (Å²) in [4.78, 5) is 15.7. The fraction of sp³-hybridized carbons (Fsp3) is 0.222. The van der Waals surface area contributed by atoms with Crippen molar-refractivity contribution < 1.29 is 23.4 Å². The molecular formula is C18H15F2N9O3. The van der Waals surface area contributed by atoms with Crippen molar-refractivity contribution in [3.05, 3.63) is 42.1 Å². The van der Waals surface area contributed by atoms with Crippen LogP contribution < -0.4 is 4.74 Å². The lowest BCUT2D eigenvalue weighted by Crippen LogP contribution is -2.05. The standard InChI is InChI=1S/C18H15F2N9O3/c1-28-17(23-25-27-28)10-7-14(20)18(21-9-10)32-11-4-5-12(13(19)8-11)16-22-26-29(24-16)6-2-3-15(30)31/h4-5,7-9H,2-3,6H2,1H3,(H,30,31). The van der Waals surface area contributed by atoms with Crippen molar-refractivity contribution in [2.24, 2.45) is 7.05 Å². The van der Waals surface area contributed by atoms with Crippen LogP contribution in [0.3, 0.4) is 0 Å². The Bertz CT molecular complexity index is 1270. The molecule has 4 rings (SSSR count). The lowest BCUT2D eigenvalue weighted by molar-refractivity contribution is -0.137. The Kier molecular flexibility index (Phi) is 5.74. The maximum Gasteiger partial charge on any atom is 0.303 e. The van der Waals surface area contributed by atoms with E-state index in [1.54, 1.807) is 7.05 Å². The molecule has 0 bridgehead atoms. The van der Waals surface area contributed by atoms with Crippen LogP contribution in [0.15, 0.2) is 30.5 Å². The monoisotopic (exact) mass is 443 g/mol. The summed E-state index contributed by atoms with van der Waals surface area (Å²) in [6.45, 7) is 0.230.